The molecule has 32 heavy (non-hydrogen) atoms. The van der Waals surface area contributed by atoms with E-state index in [-0.39, 0.29) is 11.7 Å². The fourth-order valence-corrected chi connectivity index (χ4v) is 3.31. The third kappa shape index (κ3) is 4.62. The number of para-hydroxylation sites is 3. The molecule has 0 aliphatic heterocycles. The molecule has 5 heteroatoms. The van der Waals surface area contributed by atoms with Crippen LogP contribution in [0.5, 0.6) is 11.5 Å². The number of fused-ring (bicyclic) bond motifs is 1. The molecule has 1 heterocycles. The highest BCUT2D eigenvalue weighted by molar-refractivity contribution is 6.28. The highest BCUT2D eigenvalue weighted by Crippen LogP contribution is 2.26. The van der Waals surface area contributed by atoms with Crippen LogP contribution in [0.25, 0.3) is 22.7 Å². The van der Waals surface area contributed by atoms with E-state index in [4.69, 9.17) is 13.9 Å². The number of nitrogens with zero attached hydrogens (tertiary/aromatic N) is 1. The summed E-state index contributed by atoms with van der Waals surface area (Å²) in [5.41, 5.74) is 3.10. The smallest absolute Gasteiger partial charge is 0.231 e. The Morgan fingerprint density at radius 1 is 1.00 bits per heavy atom. The normalized spacial score (nSPS) is 11.8. The number of hydrogen-bond acceptors (Lipinski definition) is 5. The molecule has 3 aromatic carbocycles. The molecule has 160 valence electrons. The van der Waals surface area contributed by atoms with E-state index < -0.39 is 0 Å². The lowest BCUT2D eigenvalue weighted by molar-refractivity contribution is 0.105. The molecule has 0 saturated carbocycles. The van der Waals surface area contributed by atoms with Gasteiger partial charge in [-0.2, -0.15) is 0 Å². The molecular formula is C27H23NO4. The number of benzene rings is 3. The van der Waals surface area contributed by atoms with E-state index in [9.17, 15) is 4.79 Å². The lowest BCUT2D eigenvalue weighted by Gasteiger charge is -2.06. The van der Waals surface area contributed by atoms with Gasteiger partial charge in [0.15, 0.2) is 11.4 Å². The molecule has 0 aliphatic rings. The average Bonchev–Trinajstić information content (AvgIpc) is 3.26. The molecule has 0 amide bonds. The first-order chi connectivity index (χ1) is 15.7. The topological polar surface area (TPSA) is 61.6 Å². The van der Waals surface area contributed by atoms with Gasteiger partial charge in [-0.1, -0.05) is 42.5 Å². The standard InChI is InChI=1S/C27H23NO4/c1-3-31-21-17-15-20(16-18-21)26(29)22(27-28-23-12-5-7-14-25(23)32-27)11-8-10-19-9-4-6-13-24(19)30-2/h4-18H,3H2,1-2H3/b10-8+,22-11-. The maximum atomic E-state index is 13.4. The van der Waals surface area contributed by atoms with Gasteiger partial charge in [0, 0.05) is 11.1 Å². The van der Waals surface area contributed by atoms with Crippen molar-refractivity contribution in [1.82, 2.24) is 4.98 Å². The zero-order valence-corrected chi connectivity index (χ0v) is 17.9. The Morgan fingerprint density at radius 3 is 2.50 bits per heavy atom. The first kappa shape index (κ1) is 21.1. The van der Waals surface area contributed by atoms with Crippen LogP contribution in [0.1, 0.15) is 28.7 Å². The van der Waals surface area contributed by atoms with Gasteiger partial charge >= 0.3 is 0 Å². The first-order valence-corrected chi connectivity index (χ1v) is 10.3. The van der Waals surface area contributed by atoms with E-state index in [1.807, 2.05) is 61.5 Å². The van der Waals surface area contributed by atoms with Gasteiger partial charge in [0.2, 0.25) is 5.89 Å². The molecule has 4 rings (SSSR count). The van der Waals surface area contributed by atoms with E-state index in [1.54, 1.807) is 43.5 Å². The van der Waals surface area contributed by atoms with Crippen molar-refractivity contribution in [1.29, 1.82) is 0 Å². The van der Waals surface area contributed by atoms with Crippen LogP contribution in [0.2, 0.25) is 0 Å². The van der Waals surface area contributed by atoms with E-state index in [0.29, 0.717) is 34.6 Å². The number of methoxy groups -OCH3 is 1. The summed E-state index contributed by atoms with van der Waals surface area (Å²) in [5, 5.41) is 0. The molecule has 0 fully saturated rings. The van der Waals surface area contributed by atoms with E-state index in [1.165, 1.54) is 0 Å². The highest BCUT2D eigenvalue weighted by atomic mass is 16.5. The minimum atomic E-state index is -0.190. The molecule has 0 saturated heterocycles. The Morgan fingerprint density at radius 2 is 1.75 bits per heavy atom. The monoisotopic (exact) mass is 425 g/mol. The average molecular weight is 425 g/mol. The van der Waals surface area contributed by atoms with E-state index in [0.717, 1.165) is 11.3 Å². The summed E-state index contributed by atoms with van der Waals surface area (Å²) in [6.07, 6.45) is 5.40. The molecule has 0 bridgehead atoms. The minimum absolute atomic E-state index is 0.190. The molecule has 0 N–H and O–H groups in total. The number of ketones is 1. The SMILES string of the molecule is CCOc1ccc(C(=O)/C(=C/C=C/c2ccccc2OC)c2nc3ccccc3o2)cc1. The second-order valence-corrected chi connectivity index (χ2v) is 6.95. The first-order valence-electron chi connectivity index (χ1n) is 10.3. The van der Waals surface area contributed by atoms with Crippen molar-refractivity contribution < 1.29 is 18.7 Å². The molecule has 0 unspecified atom stereocenters. The Kier molecular flexibility index (Phi) is 6.46. The fourth-order valence-electron chi connectivity index (χ4n) is 3.31. The van der Waals surface area contributed by atoms with Gasteiger partial charge in [-0.3, -0.25) is 4.79 Å². The lowest BCUT2D eigenvalue weighted by atomic mass is 10.0. The van der Waals surface area contributed by atoms with Crippen LogP contribution in [-0.2, 0) is 0 Å². The number of rotatable bonds is 8. The summed E-state index contributed by atoms with van der Waals surface area (Å²) < 4.78 is 16.8. The molecule has 0 aliphatic carbocycles. The van der Waals surface area contributed by atoms with Gasteiger partial charge in [0.05, 0.1) is 19.3 Å². The van der Waals surface area contributed by atoms with Gasteiger partial charge in [0.25, 0.3) is 0 Å². The second-order valence-electron chi connectivity index (χ2n) is 6.95. The summed E-state index contributed by atoms with van der Waals surface area (Å²) in [6.45, 7) is 2.48. The number of allylic oxidation sites excluding steroid dienone is 3. The molecule has 0 spiro atoms. The molecule has 0 radical (unpaired) electrons. The molecule has 0 atom stereocenters. The highest BCUT2D eigenvalue weighted by Gasteiger charge is 2.19. The van der Waals surface area contributed by atoms with Gasteiger partial charge in [-0.05, 0) is 55.5 Å². The number of carbonyl (C=O) groups excluding carboxylic acids is 1. The van der Waals surface area contributed by atoms with Crippen LogP contribution in [0.4, 0.5) is 0 Å². The number of oxazole rings is 1. The predicted octanol–water partition coefficient (Wildman–Crippen LogP) is 6.21. The van der Waals surface area contributed by atoms with E-state index >= 15 is 0 Å². The second kappa shape index (κ2) is 9.79. The van der Waals surface area contributed by atoms with Gasteiger partial charge in [-0.15, -0.1) is 0 Å². The third-order valence-electron chi connectivity index (χ3n) is 4.87. The Labute approximate surface area is 186 Å². The summed E-state index contributed by atoms with van der Waals surface area (Å²) >= 11 is 0. The predicted molar refractivity (Wildman–Crippen MR) is 126 cm³/mol. The maximum absolute atomic E-state index is 13.4. The zero-order valence-electron chi connectivity index (χ0n) is 17.9. The van der Waals surface area contributed by atoms with Crippen LogP contribution in [0.3, 0.4) is 0 Å². The largest absolute Gasteiger partial charge is 0.496 e. The van der Waals surface area contributed by atoms with Crippen LogP contribution in [0.15, 0.2) is 89.4 Å². The minimum Gasteiger partial charge on any atom is -0.496 e. The fraction of sp³-hybridized carbons (Fsp3) is 0.111. The molecule has 5 nitrogen and oxygen atoms in total. The molecule has 4 aromatic rings. The van der Waals surface area contributed by atoms with Crippen molar-refractivity contribution in [2.24, 2.45) is 0 Å². The quantitative estimate of drug-likeness (QED) is 0.191. The van der Waals surface area contributed by atoms with Gasteiger partial charge in [0.1, 0.15) is 17.0 Å². The summed E-state index contributed by atoms with van der Waals surface area (Å²) in [4.78, 5) is 17.9. The van der Waals surface area contributed by atoms with Crippen LogP contribution in [-0.4, -0.2) is 24.5 Å². The van der Waals surface area contributed by atoms with Crippen molar-refractivity contribution in [3.63, 3.8) is 0 Å². The van der Waals surface area contributed by atoms with Crippen LogP contribution < -0.4 is 9.47 Å². The number of ether oxygens (including phenoxy) is 2. The van der Waals surface area contributed by atoms with Crippen molar-refractivity contribution in [2.75, 3.05) is 13.7 Å². The Bertz CT molecular complexity index is 1250. The number of hydrogen-bond donors (Lipinski definition) is 0. The van der Waals surface area contributed by atoms with Crippen LogP contribution in [0, 0.1) is 0 Å². The number of carbonyl (C=O) groups is 1. The van der Waals surface area contributed by atoms with Crippen LogP contribution >= 0.6 is 0 Å². The van der Waals surface area contributed by atoms with Crippen molar-refractivity contribution in [3.05, 3.63) is 102 Å². The van der Waals surface area contributed by atoms with Crippen molar-refractivity contribution in [2.45, 2.75) is 6.92 Å². The molecule has 1 aromatic heterocycles. The number of Topliss-reactive ketones (excluding diaryl/α,β-unsaturated/α-hetero) is 1. The van der Waals surface area contributed by atoms with Gasteiger partial charge < -0.3 is 13.9 Å². The third-order valence-corrected chi connectivity index (χ3v) is 4.87. The van der Waals surface area contributed by atoms with Crippen molar-refractivity contribution >= 4 is 28.5 Å². The Hall–Kier alpha value is -4.12. The maximum Gasteiger partial charge on any atom is 0.231 e. The summed E-state index contributed by atoms with van der Waals surface area (Å²) in [5.74, 6) is 1.55. The van der Waals surface area contributed by atoms with E-state index in [2.05, 4.69) is 4.98 Å². The Balaban J connectivity index is 1.73. The lowest BCUT2D eigenvalue weighted by Crippen LogP contribution is -2.03. The molecular weight excluding hydrogens is 402 g/mol. The van der Waals surface area contributed by atoms with Crippen molar-refractivity contribution in [3.8, 4) is 11.5 Å². The number of aromatic nitrogens is 1. The zero-order chi connectivity index (χ0) is 22.3. The van der Waals surface area contributed by atoms with Gasteiger partial charge in [-0.25, -0.2) is 4.98 Å². The summed E-state index contributed by atoms with van der Waals surface area (Å²) in [7, 11) is 1.63. The summed E-state index contributed by atoms with van der Waals surface area (Å²) in [6, 6.07) is 22.2.